The molecule has 4 rings (SSSR count). The number of hydrogen-bond donors (Lipinski definition) is 1. The Bertz CT molecular complexity index is 609. The highest BCUT2D eigenvalue weighted by molar-refractivity contribution is 5.78. The maximum absolute atomic E-state index is 12.1. The van der Waals surface area contributed by atoms with E-state index in [9.17, 15) is 4.79 Å². The van der Waals surface area contributed by atoms with Crippen molar-refractivity contribution in [1.29, 1.82) is 0 Å². The number of carbonyl (C=O) groups excluding carboxylic acids is 1. The summed E-state index contributed by atoms with van der Waals surface area (Å²) < 4.78 is 5.69. The molecule has 1 N–H and O–H groups in total. The second-order valence-corrected chi connectivity index (χ2v) is 8.55. The molecule has 0 unspecified atom stereocenters. The molecule has 0 radical (unpaired) electrons. The van der Waals surface area contributed by atoms with E-state index >= 15 is 0 Å². The number of likely N-dealkylation sites (tertiary alicyclic amines) is 2. The maximum atomic E-state index is 12.1. The fourth-order valence-corrected chi connectivity index (χ4v) is 4.79. The molecule has 3 fully saturated rings. The van der Waals surface area contributed by atoms with E-state index in [4.69, 9.17) is 4.74 Å². The average molecular weight is 372 g/mol. The Morgan fingerprint density at radius 3 is 2.30 bits per heavy atom. The van der Waals surface area contributed by atoms with E-state index in [2.05, 4.69) is 22.3 Å². The minimum Gasteiger partial charge on any atom is -0.484 e. The predicted molar refractivity (Wildman–Crippen MR) is 107 cm³/mol. The normalized spacial score (nSPS) is 22.9. The lowest BCUT2D eigenvalue weighted by molar-refractivity contribution is -0.132. The van der Waals surface area contributed by atoms with Crippen LogP contribution in [0.5, 0.6) is 5.75 Å². The van der Waals surface area contributed by atoms with Gasteiger partial charge in [-0.1, -0.05) is 12.1 Å². The summed E-state index contributed by atoms with van der Waals surface area (Å²) in [5.41, 5.74) is 1.94. The molecule has 3 heterocycles. The highest BCUT2D eigenvalue weighted by Crippen LogP contribution is 2.39. The minimum absolute atomic E-state index is 0.108. The topological polar surface area (TPSA) is 44.8 Å². The number of nitrogens with one attached hydrogen (secondary N) is 1. The van der Waals surface area contributed by atoms with Crippen molar-refractivity contribution in [3.05, 3.63) is 29.8 Å². The molecule has 3 saturated heterocycles. The zero-order chi connectivity index (χ0) is 18.5. The van der Waals surface area contributed by atoms with Crippen LogP contribution in [0.25, 0.3) is 0 Å². The van der Waals surface area contributed by atoms with Crippen molar-refractivity contribution in [2.75, 3.05) is 45.9 Å². The Morgan fingerprint density at radius 1 is 0.963 bits per heavy atom. The van der Waals surface area contributed by atoms with Gasteiger partial charge in [0, 0.05) is 19.6 Å². The summed E-state index contributed by atoms with van der Waals surface area (Å²) in [6, 6.07) is 8.30. The molecule has 1 spiro atoms. The SMILES string of the molecule is O=C(COc1ccc(CN2CCC3(CCNCC3)CC2)cc1)N1CCCC1. The van der Waals surface area contributed by atoms with E-state index in [1.54, 1.807) is 0 Å². The van der Waals surface area contributed by atoms with Gasteiger partial charge in [-0.25, -0.2) is 0 Å². The molecule has 0 aromatic heterocycles. The summed E-state index contributed by atoms with van der Waals surface area (Å²) in [5.74, 6) is 0.898. The van der Waals surface area contributed by atoms with Crippen LogP contribution in [0.4, 0.5) is 0 Å². The first-order chi connectivity index (χ1) is 13.2. The van der Waals surface area contributed by atoms with Crippen molar-refractivity contribution in [1.82, 2.24) is 15.1 Å². The molecule has 1 amide bonds. The third kappa shape index (κ3) is 4.82. The van der Waals surface area contributed by atoms with Crippen LogP contribution in [-0.4, -0.2) is 61.6 Å². The van der Waals surface area contributed by atoms with Crippen LogP contribution in [0.2, 0.25) is 0 Å². The van der Waals surface area contributed by atoms with Gasteiger partial charge in [0.1, 0.15) is 5.75 Å². The average Bonchev–Trinajstić information content (AvgIpc) is 3.25. The van der Waals surface area contributed by atoms with Gasteiger partial charge >= 0.3 is 0 Å². The largest absolute Gasteiger partial charge is 0.484 e. The number of benzene rings is 1. The van der Waals surface area contributed by atoms with Gasteiger partial charge in [-0.2, -0.15) is 0 Å². The van der Waals surface area contributed by atoms with E-state index in [0.717, 1.165) is 38.2 Å². The molecule has 5 nitrogen and oxygen atoms in total. The van der Waals surface area contributed by atoms with Crippen molar-refractivity contribution in [2.45, 2.75) is 45.1 Å². The van der Waals surface area contributed by atoms with E-state index < -0.39 is 0 Å². The van der Waals surface area contributed by atoms with Gasteiger partial charge in [0.2, 0.25) is 0 Å². The Morgan fingerprint density at radius 2 is 1.63 bits per heavy atom. The standard InChI is InChI=1S/C22H33N3O2/c26-21(25-13-1-2-14-25)18-27-20-5-3-19(4-6-20)17-24-15-9-22(10-16-24)7-11-23-12-8-22/h3-6,23H,1-2,7-18H2. The molecule has 0 bridgehead atoms. The molecular formula is C22H33N3O2. The molecule has 27 heavy (non-hydrogen) atoms. The summed E-state index contributed by atoms with van der Waals surface area (Å²) in [6.45, 7) is 7.75. The minimum atomic E-state index is 0.108. The lowest BCUT2D eigenvalue weighted by Crippen LogP contribution is -2.45. The van der Waals surface area contributed by atoms with Crippen LogP contribution in [0.3, 0.4) is 0 Å². The van der Waals surface area contributed by atoms with Crippen LogP contribution in [-0.2, 0) is 11.3 Å². The first kappa shape index (κ1) is 18.8. The molecule has 1 aromatic rings. The lowest BCUT2D eigenvalue weighted by Gasteiger charge is -2.44. The number of piperidine rings is 2. The Hall–Kier alpha value is -1.59. The number of ether oxygens (including phenoxy) is 1. The molecule has 3 aliphatic heterocycles. The van der Waals surface area contributed by atoms with Gasteiger partial charge in [-0.15, -0.1) is 0 Å². The summed E-state index contributed by atoms with van der Waals surface area (Å²) in [7, 11) is 0. The summed E-state index contributed by atoms with van der Waals surface area (Å²) in [4.78, 5) is 16.6. The predicted octanol–water partition coefficient (Wildman–Crippen LogP) is 2.65. The monoisotopic (exact) mass is 371 g/mol. The van der Waals surface area contributed by atoms with Gasteiger partial charge in [0.15, 0.2) is 6.61 Å². The number of amides is 1. The fraction of sp³-hybridized carbons (Fsp3) is 0.682. The maximum Gasteiger partial charge on any atom is 0.260 e. The molecule has 1 aromatic carbocycles. The third-order valence-electron chi connectivity index (χ3n) is 6.73. The van der Waals surface area contributed by atoms with Crippen molar-refractivity contribution in [3.8, 4) is 5.75 Å². The second kappa shape index (κ2) is 8.61. The van der Waals surface area contributed by atoms with Crippen molar-refractivity contribution >= 4 is 5.91 Å². The lowest BCUT2D eigenvalue weighted by atomic mass is 9.71. The third-order valence-corrected chi connectivity index (χ3v) is 6.73. The van der Waals surface area contributed by atoms with Gasteiger partial charge < -0.3 is 15.0 Å². The zero-order valence-corrected chi connectivity index (χ0v) is 16.4. The number of nitrogens with zero attached hydrogens (tertiary/aromatic N) is 2. The molecule has 5 heteroatoms. The number of rotatable bonds is 5. The van der Waals surface area contributed by atoms with Gasteiger partial charge in [0.05, 0.1) is 0 Å². The Kier molecular flexibility index (Phi) is 5.98. The van der Waals surface area contributed by atoms with Crippen molar-refractivity contribution in [2.24, 2.45) is 5.41 Å². The van der Waals surface area contributed by atoms with Crippen LogP contribution in [0.15, 0.2) is 24.3 Å². The first-order valence-electron chi connectivity index (χ1n) is 10.7. The van der Waals surface area contributed by atoms with Gasteiger partial charge in [-0.3, -0.25) is 9.69 Å². The second-order valence-electron chi connectivity index (χ2n) is 8.55. The van der Waals surface area contributed by atoms with E-state index in [1.807, 2.05) is 17.0 Å². The summed E-state index contributed by atoms with van der Waals surface area (Å²) in [5, 5.41) is 3.50. The Labute approximate surface area is 163 Å². The molecular weight excluding hydrogens is 338 g/mol. The molecule has 0 saturated carbocycles. The van der Waals surface area contributed by atoms with Crippen LogP contribution in [0, 0.1) is 5.41 Å². The zero-order valence-electron chi connectivity index (χ0n) is 16.4. The summed E-state index contributed by atoms with van der Waals surface area (Å²) in [6.07, 6.45) is 7.62. The highest BCUT2D eigenvalue weighted by Gasteiger charge is 2.35. The number of carbonyl (C=O) groups is 1. The van der Waals surface area contributed by atoms with E-state index in [0.29, 0.717) is 5.41 Å². The summed E-state index contributed by atoms with van der Waals surface area (Å²) >= 11 is 0. The molecule has 0 aliphatic carbocycles. The van der Waals surface area contributed by atoms with Crippen LogP contribution in [0.1, 0.15) is 44.1 Å². The smallest absolute Gasteiger partial charge is 0.260 e. The fourth-order valence-electron chi connectivity index (χ4n) is 4.79. The Balaban J connectivity index is 1.22. The molecule has 148 valence electrons. The van der Waals surface area contributed by atoms with Crippen LogP contribution >= 0.6 is 0 Å². The van der Waals surface area contributed by atoms with E-state index in [1.165, 1.54) is 57.4 Å². The first-order valence-corrected chi connectivity index (χ1v) is 10.7. The van der Waals surface area contributed by atoms with Crippen LogP contribution < -0.4 is 10.1 Å². The van der Waals surface area contributed by atoms with Crippen molar-refractivity contribution in [3.63, 3.8) is 0 Å². The van der Waals surface area contributed by atoms with Crippen molar-refractivity contribution < 1.29 is 9.53 Å². The van der Waals surface area contributed by atoms with Gasteiger partial charge in [-0.05, 0) is 87.8 Å². The number of hydrogen-bond acceptors (Lipinski definition) is 4. The van der Waals surface area contributed by atoms with Gasteiger partial charge in [0.25, 0.3) is 5.91 Å². The van der Waals surface area contributed by atoms with E-state index in [-0.39, 0.29) is 12.5 Å². The molecule has 0 atom stereocenters. The quantitative estimate of drug-likeness (QED) is 0.864. The highest BCUT2D eigenvalue weighted by atomic mass is 16.5. The molecule has 3 aliphatic rings.